The van der Waals surface area contributed by atoms with Crippen LogP contribution in [0.15, 0.2) is 65.0 Å². The topological polar surface area (TPSA) is 92.8 Å². The Labute approximate surface area is 177 Å². The quantitative estimate of drug-likeness (QED) is 0.485. The van der Waals surface area contributed by atoms with Crippen LogP contribution in [0.1, 0.15) is 31.9 Å². The molecule has 4 heterocycles. The van der Waals surface area contributed by atoms with Crippen molar-refractivity contribution in [3.05, 3.63) is 66.2 Å². The first kappa shape index (κ1) is 19.4. The average Bonchev–Trinajstić information content (AvgIpc) is 3.52. The number of allylic oxidation sites excluding steroid dienone is 2. The number of hydrogen-bond donors (Lipinski definition) is 2. The summed E-state index contributed by atoms with van der Waals surface area (Å²) in [5.41, 5.74) is 2.59. The molecule has 0 amide bonds. The number of nitrogens with zero attached hydrogens (tertiary/aromatic N) is 4. The van der Waals surface area contributed by atoms with Gasteiger partial charge in [-0.15, -0.1) is 0 Å². The van der Waals surface area contributed by atoms with Crippen LogP contribution < -0.4 is 0 Å². The van der Waals surface area contributed by atoms with Gasteiger partial charge in [-0.3, -0.25) is 4.68 Å². The highest BCUT2D eigenvalue weighted by atomic mass is 19.1. The van der Waals surface area contributed by atoms with E-state index in [1.54, 1.807) is 42.3 Å². The molecule has 158 valence electrons. The van der Waals surface area contributed by atoms with Crippen LogP contribution in [-0.2, 0) is 12.6 Å². The number of nitrogens with one attached hydrogen (secondary N) is 1. The van der Waals surface area contributed by atoms with Crippen molar-refractivity contribution in [1.29, 1.82) is 0 Å². The summed E-state index contributed by atoms with van der Waals surface area (Å²) in [6.07, 6.45) is 12.0. The zero-order chi connectivity index (χ0) is 21.6. The molecular weight excluding hydrogens is 397 g/mol. The van der Waals surface area contributed by atoms with Crippen molar-refractivity contribution in [3.8, 4) is 22.4 Å². The minimum atomic E-state index is -1.57. The Morgan fingerprint density at radius 3 is 2.90 bits per heavy atom. The van der Waals surface area contributed by atoms with Crippen LogP contribution in [0.4, 0.5) is 4.39 Å². The summed E-state index contributed by atoms with van der Waals surface area (Å²) in [4.78, 5) is 7.65. The molecule has 0 saturated carbocycles. The van der Waals surface area contributed by atoms with Gasteiger partial charge in [0.1, 0.15) is 17.2 Å². The number of rotatable bonds is 5. The first-order valence-electron chi connectivity index (χ1n) is 10.2. The smallest absolute Gasteiger partial charge is 0.173 e. The van der Waals surface area contributed by atoms with E-state index in [9.17, 15) is 9.50 Å². The van der Waals surface area contributed by atoms with E-state index in [0.717, 1.165) is 22.1 Å². The predicted molar refractivity (Wildman–Crippen MR) is 114 cm³/mol. The van der Waals surface area contributed by atoms with E-state index < -0.39 is 5.60 Å². The van der Waals surface area contributed by atoms with E-state index in [1.807, 2.05) is 25.4 Å². The van der Waals surface area contributed by atoms with Crippen LogP contribution in [0.3, 0.4) is 0 Å². The van der Waals surface area contributed by atoms with Crippen LogP contribution in [0, 0.1) is 0 Å². The second-order valence-electron chi connectivity index (χ2n) is 7.78. The lowest BCUT2D eigenvalue weighted by molar-refractivity contribution is 0.0425. The number of aliphatic hydroxyl groups is 1. The van der Waals surface area contributed by atoms with E-state index in [0.29, 0.717) is 17.8 Å². The molecule has 7 nitrogen and oxygen atoms in total. The van der Waals surface area contributed by atoms with E-state index in [-0.39, 0.29) is 30.0 Å². The molecule has 31 heavy (non-hydrogen) atoms. The van der Waals surface area contributed by atoms with E-state index >= 15 is 0 Å². The molecule has 4 aromatic rings. The van der Waals surface area contributed by atoms with Gasteiger partial charge in [0.2, 0.25) is 0 Å². The van der Waals surface area contributed by atoms with Gasteiger partial charge in [-0.05, 0) is 18.9 Å². The minimum Gasteiger partial charge on any atom is -0.377 e. The summed E-state index contributed by atoms with van der Waals surface area (Å²) >= 11 is 0. The number of H-pyrrole nitrogens is 1. The summed E-state index contributed by atoms with van der Waals surface area (Å²) in [5.74, 6) is -0.102. The Morgan fingerprint density at radius 2 is 2.16 bits per heavy atom. The third-order valence-corrected chi connectivity index (χ3v) is 5.83. The molecule has 0 aromatic carbocycles. The lowest BCUT2D eigenvalue weighted by Crippen LogP contribution is -2.27. The monoisotopic (exact) mass is 419 g/mol. The molecule has 0 bridgehead atoms. The van der Waals surface area contributed by atoms with Crippen molar-refractivity contribution in [2.45, 2.75) is 31.8 Å². The first-order chi connectivity index (χ1) is 15.0. The Hall–Kier alpha value is -3.52. The zero-order valence-electron chi connectivity index (χ0n) is 17.3. The third kappa shape index (κ3) is 3.19. The second-order valence-corrected chi connectivity index (χ2v) is 7.78. The molecule has 5 rings (SSSR count). The molecule has 2 N–H and O–H groups in total. The van der Waals surface area contributed by atoms with Gasteiger partial charge in [0, 0.05) is 65.8 Å². The van der Waals surface area contributed by atoms with Gasteiger partial charge >= 0.3 is 0 Å². The normalized spacial score (nSPS) is 16.3. The minimum absolute atomic E-state index is 0.215. The van der Waals surface area contributed by atoms with Crippen LogP contribution in [0.25, 0.3) is 33.4 Å². The largest absolute Gasteiger partial charge is 0.377 e. The first-order valence-corrected chi connectivity index (χ1v) is 10.2. The van der Waals surface area contributed by atoms with Gasteiger partial charge in [0.25, 0.3) is 0 Å². The summed E-state index contributed by atoms with van der Waals surface area (Å²) in [7, 11) is 1.86. The molecule has 0 spiro atoms. The van der Waals surface area contributed by atoms with Crippen LogP contribution >= 0.6 is 0 Å². The Morgan fingerprint density at radius 1 is 1.29 bits per heavy atom. The summed E-state index contributed by atoms with van der Waals surface area (Å²) in [6, 6.07) is 3.68. The molecule has 1 unspecified atom stereocenters. The second kappa shape index (κ2) is 7.31. The number of pyridine rings is 1. The fourth-order valence-corrected chi connectivity index (χ4v) is 4.04. The van der Waals surface area contributed by atoms with E-state index in [1.165, 1.54) is 0 Å². The molecule has 0 saturated heterocycles. The summed E-state index contributed by atoms with van der Waals surface area (Å²) in [6.45, 7) is 1.79. The van der Waals surface area contributed by atoms with Crippen molar-refractivity contribution in [2.75, 3.05) is 0 Å². The molecule has 1 aliphatic carbocycles. The Kier molecular flexibility index (Phi) is 4.59. The fraction of sp³-hybridized carbons (Fsp3) is 0.261. The van der Waals surface area contributed by atoms with Gasteiger partial charge in [-0.1, -0.05) is 24.2 Å². The third-order valence-electron chi connectivity index (χ3n) is 5.83. The molecule has 0 radical (unpaired) electrons. The van der Waals surface area contributed by atoms with Gasteiger partial charge in [0.15, 0.2) is 11.4 Å². The maximum atomic E-state index is 14.5. The zero-order valence-corrected chi connectivity index (χ0v) is 17.3. The molecular formula is C23H22FN5O2. The van der Waals surface area contributed by atoms with Crippen LogP contribution in [0.5, 0.6) is 0 Å². The lowest BCUT2D eigenvalue weighted by atomic mass is 9.84. The van der Waals surface area contributed by atoms with Crippen molar-refractivity contribution in [2.24, 2.45) is 7.05 Å². The SMILES string of the molecule is CCC(O)(C1=C(F)CCC=C1)c1cc(-c2c[nH]c3ncc(-c4cnn(C)c4)cc23)no1. The number of aryl methyl sites for hydroxylation is 1. The van der Waals surface area contributed by atoms with Crippen LogP contribution in [-0.4, -0.2) is 30.0 Å². The molecule has 1 aliphatic rings. The van der Waals surface area contributed by atoms with Gasteiger partial charge < -0.3 is 14.6 Å². The number of aromatic amines is 1. The molecule has 4 aromatic heterocycles. The van der Waals surface area contributed by atoms with E-state index in [2.05, 4.69) is 20.2 Å². The molecule has 0 fully saturated rings. The number of hydrogen-bond acceptors (Lipinski definition) is 5. The van der Waals surface area contributed by atoms with E-state index in [4.69, 9.17) is 4.52 Å². The average molecular weight is 419 g/mol. The standard InChI is InChI=1S/C23H22FN5O2/c1-3-23(30,18-6-4-5-7-19(18)24)21-9-20(28-31-21)17-12-26-22-16(17)8-14(10-25-22)15-11-27-29(2)13-15/h4,6,8-13,30H,3,5,7H2,1-2H3,(H,25,26). The molecule has 0 aliphatic heterocycles. The summed E-state index contributed by atoms with van der Waals surface area (Å²) < 4.78 is 21.8. The molecule has 1 atom stereocenters. The van der Waals surface area contributed by atoms with Gasteiger partial charge in [0.05, 0.1) is 6.20 Å². The number of fused-ring (bicyclic) bond motifs is 1. The van der Waals surface area contributed by atoms with Gasteiger partial charge in [-0.2, -0.15) is 5.10 Å². The Balaban J connectivity index is 1.57. The number of halogens is 1. The highest BCUT2D eigenvalue weighted by Crippen LogP contribution is 2.41. The highest BCUT2D eigenvalue weighted by Gasteiger charge is 2.38. The lowest BCUT2D eigenvalue weighted by Gasteiger charge is -2.27. The maximum absolute atomic E-state index is 14.5. The fourth-order valence-electron chi connectivity index (χ4n) is 4.04. The van der Waals surface area contributed by atoms with Crippen LogP contribution in [0.2, 0.25) is 0 Å². The van der Waals surface area contributed by atoms with Crippen molar-refractivity contribution < 1.29 is 14.0 Å². The van der Waals surface area contributed by atoms with Gasteiger partial charge in [-0.25, -0.2) is 9.37 Å². The highest BCUT2D eigenvalue weighted by molar-refractivity contribution is 5.94. The maximum Gasteiger partial charge on any atom is 0.173 e. The predicted octanol–water partition coefficient (Wildman–Crippen LogP) is 4.79. The molecule has 8 heteroatoms. The van der Waals surface area contributed by atoms with Crippen molar-refractivity contribution in [1.82, 2.24) is 24.9 Å². The van der Waals surface area contributed by atoms with Crippen molar-refractivity contribution in [3.63, 3.8) is 0 Å². The Bertz CT molecular complexity index is 1330. The summed E-state index contributed by atoms with van der Waals surface area (Å²) in [5, 5.41) is 20.6. The number of aromatic nitrogens is 5. The van der Waals surface area contributed by atoms with Crippen molar-refractivity contribution >= 4 is 11.0 Å².